The summed E-state index contributed by atoms with van der Waals surface area (Å²) < 4.78 is 80.1. The molecule has 10 heterocycles. The van der Waals surface area contributed by atoms with Crippen molar-refractivity contribution in [3.63, 3.8) is 0 Å². The van der Waals surface area contributed by atoms with E-state index in [1.807, 2.05) is 199 Å². The van der Waals surface area contributed by atoms with Gasteiger partial charge in [-0.3, -0.25) is 53.3 Å². The van der Waals surface area contributed by atoms with Crippen LogP contribution in [0.15, 0.2) is 244 Å². The first-order chi connectivity index (χ1) is 70.7. The van der Waals surface area contributed by atoms with E-state index in [0.29, 0.717) is 129 Å². The quantitative estimate of drug-likeness (QED) is 0.0245. The topological polar surface area (TPSA) is 368 Å². The highest BCUT2D eigenvalue weighted by Crippen LogP contribution is 2.41. The number of hydrogen-bond acceptors (Lipinski definition) is 30. The van der Waals surface area contributed by atoms with E-state index in [-0.39, 0.29) is 62.3 Å². The number of nitrogens with zero attached hydrogens (tertiary/aromatic N) is 21. The van der Waals surface area contributed by atoms with Crippen LogP contribution >= 0.6 is 0 Å². The number of aromatic nitrogens is 16. The molecule has 1 fully saturated rings. The molecule has 2 aliphatic heterocycles. The number of carbonyl (C=O) groups is 3. The number of benzene rings is 9. The van der Waals surface area contributed by atoms with Crippen LogP contribution in [0.5, 0.6) is 34.5 Å². The lowest BCUT2D eigenvalue weighted by atomic mass is 10.1. The Labute approximate surface area is 842 Å². The molecule has 19 rings (SSSR count). The van der Waals surface area contributed by atoms with Crippen LogP contribution in [0.4, 0.5) is 54.3 Å². The van der Waals surface area contributed by atoms with E-state index in [0.717, 1.165) is 110 Å². The molecule has 37 heteroatoms. The molecule has 2 unspecified atom stereocenters. The molecule has 35 nitrogen and oxygen atoms in total. The molecule has 754 valence electrons. The Hall–Kier alpha value is -16.5. The number of anilines is 8. The fourth-order valence-electron chi connectivity index (χ4n) is 16.7. The number of ether oxygens (including phenoxy) is 8. The van der Waals surface area contributed by atoms with Gasteiger partial charge in [-0.05, 0) is 150 Å². The molecular formula is C109H116F2N22O13. The number of methoxy groups -OCH3 is 5. The summed E-state index contributed by atoms with van der Waals surface area (Å²) in [5.74, 6) is 1.40. The zero-order valence-electron chi connectivity index (χ0n) is 83.7. The van der Waals surface area contributed by atoms with E-state index >= 15 is 0 Å². The zero-order valence-corrected chi connectivity index (χ0v) is 83.7. The molecule has 3 atom stereocenters. The van der Waals surface area contributed by atoms with E-state index in [9.17, 15) is 33.4 Å². The summed E-state index contributed by atoms with van der Waals surface area (Å²) in [6.45, 7) is 16.5. The molecule has 2 aliphatic rings. The second-order valence-corrected chi connectivity index (χ2v) is 35.3. The minimum Gasteiger partial charge on any atom is -0.497 e. The van der Waals surface area contributed by atoms with Gasteiger partial charge in [0, 0.05) is 212 Å². The number of halogens is 2. The zero-order chi connectivity index (χ0) is 103. The Balaban J connectivity index is 0.000000141. The van der Waals surface area contributed by atoms with Crippen molar-refractivity contribution in [3.05, 3.63) is 267 Å². The fourth-order valence-corrected chi connectivity index (χ4v) is 16.7. The van der Waals surface area contributed by atoms with Gasteiger partial charge in [-0.1, -0.05) is 32.9 Å². The lowest BCUT2D eigenvalue weighted by Crippen LogP contribution is -2.38. The number of aryl methyl sites for hydroxylation is 2. The number of imide groups is 1. The molecular weight excluding hydrogens is 1860 g/mol. The van der Waals surface area contributed by atoms with Crippen LogP contribution < -0.4 is 53.3 Å². The van der Waals surface area contributed by atoms with Crippen molar-refractivity contribution in [1.29, 1.82) is 0 Å². The third kappa shape index (κ3) is 24.9. The van der Waals surface area contributed by atoms with Crippen molar-refractivity contribution in [2.24, 2.45) is 14.1 Å². The van der Waals surface area contributed by atoms with Crippen molar-refractivity contribution >= 4 is 107 Å². The van der Waals surface area contributed by atoms with Crippen molar-refractivity contribution in [2.45, 2.75) is 105 Å². The predicted octanol–water partition coefficient (Wildman–Crippen LogP) is 18.6. The van der Waals surface area contributed by atoms with Crippen LogP contribution in [0.25, 0.3) is 89.2 Å². The monoisotopic (exact) mass is 1980 g/mol. The van der Waals surface area contributed by atoms with Crippen molar-refractivity contribution in [3.8, 4) is 79.5 Å². The minimum atomic E-state index is -0.694. The highest BCUT2D eigenvalue weighted by atomic mass is 19.1. The summed E-state index contributed by atoms with van der Waals surface area (Å²) in [6.07, 6.45) is 24.1. The van der Waals surface area contributed by atoms with Crippen LogP contribution in [-0.2, 0) is 28.4 Å². The van der Waals surface area contributed by atoms with Gasteiger partial charge < -0.3 is 73.0 Å². The number of rotatable bonds is 35. The van der Waals surface area contributed by atoms with E-state index in [1.165, 1.54) is 36.3 Å². The summed E-state index contributed by atoms with van der Waals surface area (Å²) in [6, 6.07) is 50.2. The molecule has 1 saturated heterocycles. The predicted molar refractivity (Wildman–Crippen MR) is 556 cm³/mol. The van der Waals surface area contributed by atoms with Crippen LogP contribution in [-0.4, -0.2) is 225 Å². The normalized spacial score (nSPS) is 13.2. The van der Waals surface area contributed by atoms with Crippen LogP contribution in [0.3, 0.4) is 0 Å². The molecule has 146 heavy (non-hydrogen) atoms. The van der Waals surface area contributed by atoms with Gasteiger partial charge in [-0.15, -0.1) is 0 Å². The molecule has 0 bridgehead atoms. The number of fused-ring (bicyclic) bond motifs is 5. The first-order valence-electron chi connectivity index (χ1n) is 48.0. The molecule has 17 aromatic rings. The summed E-state index contributed by atoms with van der Waals surface area (Å²) in [4.78, 5) is 85.1. The lowest BCUT2D eigenvalue weighted by Gasteiger charge is -2.28. The van der Waals surface area contributed by atoms with Crippen molar-refractivity contribution in [1.82, 2.24) is 89.2 Å². The number of amides is 2. The average Bonchev–Trinajstić information content (AvgIpc) is 1.63. The number of carbonyl (C=O) groups excluding carboxylic acids is 3. The van der Waals surface area contributed by atoms with Gasteiger partial charge in [0.1, 0.15) is 58.9 Å². The number of aliphatic hydroxyl groups is 2. The summed E-state index contributed by atoms with van der Waals surface area (Å²) in [5, 5.41) is 41.8. The molecule has 8 aromatic heterocycles. The Bertz CT molecular complexity index is 7380. The van der Waals surface area contributed by atoms with E-state index < -0.39 is 23.8 Å². The van der Waals surface area contributed by atoms with Gasteiger partial charge in [0.05, 0.1) is 195 Å². The first-order valence-corrected chi connectivity index (χ1v) is 48.0. The largest absolute Gasteiger partial charge is 0.497 e. The van der Waals surface area contributed by atoms with Gasteiger partial charge in [-0.2, -0.15) is 20.4 Å². The molecule has 0 saturated carbocycles. The molecule has 3 N–H and O–H groups in total. The van der Waals surface area contributed by atoms with Gasteiger partial charge in [0.2, 0.25) is 0 Å². The third-order valence-electron chi connectivity index (χ3n) is 24.3. The van der Waals surface area contributed by atoms with Crippen LogP contribution in [0.1, 0.15) is 107 Å². The Kier molecular flexibility index (Phi) is 33.1. The van der Waals surface area contributed by atoms with Crippen molar-refractivity contribution < 1.29 is 71.3 Å². The smallest absolute Gasteiger partial charge is 0.325 e. The lowest BCUT2D eigenvalue weighted by molar-refractivity contribution is -0.141. The van der Waals surface area contributed by atoms with Gasteiger partial charge in [0.25, 0.3) is 11.8 Å². The van der Waals surface area contributed by atoms with Gasteiger partial charge in [-0.25, -0.2) is 33.4 Å². The maximum atomic E-state index is 14.8. The Morgan fingerprint density at radius 3 is 1.29 bits per heavy atom. The standard InChI is InChI=1S/C34H31FN6O4.C26H29N5O4.C25H29FN6O2.C24H27N5O3/c1-2-44-26-16-23(35)15-25(17-26)39(12-13-40-33(42)27-7-3-4-8-28(27)34(40)43)24-10-11-29-30(18-24)38-31(20-36-29)22-19-37-41(21-22)32-9-5-6-14-45-32;1-6-35-26(32)16-30(20-9-21(33-4)12-22(10-20)34-5)19-7-8-23-24(11-19)29-25(14-27-23)18-13-28-31(15-18)17(2)3;1-16(2)27-12-21(33)15-32(20-7-18(26)8-22(9-20)34-4)19-5-6-23-24(10-19)30-25(13-28-23)17-11-29-31(3)14-17;1-5-19(30)15-29(18-8-20(31-3)11-21(9-18)32-4)17-6-7-22-23(10-17)27-24(13-25-22)16-12-26-28(2)14-16/h3-4,7-8,10-11,15-21,32H,2,5-6,9,12-14H2,1H3;7-15,17H,6,16H2,1-5H3;5-11,13-14,16,21,27,33H,12,15H2,1-4H3;6-14,19,30H,5,15H2,1-4H3/t;;21-;/m..0./s1. The fraction of sp³-hybridized carbons (Fsp3) is 0.294. The third-order valence-corrected chi connectivity index (χ3v) is 24.3. The molecule has 9 aromatic carbocycles. The van der Waals surface area contributed by atoms with Gasteiger partial charge >= 0.3 is 5.97 Å². The SMILES string of the molecule is CCC(O)CN(c1cc(OC)cc(OC)c1)c1ccc2ncc(-c3cnn(C)c3)nc2c1.CCOC(=O)CN(c1cc(OC)cc(OC)c1)c1ccc2ncc(-c3cnn(C(C)C)c3)nc2c1.CCOc1cc(F)cc(N(CCN2C(=O)c3ccccc3C2=O)c2ccc3ncc(-c4cnn(C5CCCCO5)c4)nc3c2)c1.COc1cc(F)cc(N(C[C@@H](O)CNC(C)C)c2ccc3ncc(-c4cnn(C)c4)nc3c2)c1. The highest BCUT2D eigenvalue weighted by molar-refractivity contribution is 6.21. The minimum absolute atomic E-state index is 0.00392. The maximum absolute atomic E-state index is 14.8. The highest BCUT2D eigenvalue weighted by Gasteiger charge is 2.36. The summed E-state index contributed by atoms with van der Waals surface area (Å²) >= 11 is 0. The average molecular weight is 1980 g/mol. The second kappa shape index (κ2) is 47.1. The summed E-state index contributed by atoms with van der Waals surface area (Å²) in [5.41, 5.74) is 18.5. The van der Waals surface area contributed by atoms with Crippen molar-refractivity contribution in [2.75, 3.05) is 114 Å². The van der Waals surface area contributed by atoms with E-state index in [1.54, 1.807) is 137 Å². The first kappa shape index (κ1) is 102. The second-order valence-electron chi connectivity index (χ2n) is 35.3. The number of nitrogens with one attached hydrogen (secondary N) is 1. The maximum Gasteiger partial charge on any atom is 0.325 e. The van der Waals surface area contributed by atoms with Crippen LogP contribution in [0.2, 0.25) is 0 Å². The van der Waals surface area contributed by atoms with E-state index in [2.05, 4.69) is 59.5 Å². The summed E-state index contributed by atoms with van der Waals surface area (Å²) in [7, 11) is 11.6. The number of aliphatic hydroxyl groups excluding tert-OH is 2. The van der Waals surface area contributed by atoms with Gasteiger partial charge in [0.15, 0.2) is 0 Å². The Morgan fingerprint density at radius 2 is 0.863 bits per heavy atom. The Morgan fingerprint density at radius 1 is 0.452 bits per heavy atom. The molecule has 0 spiro atoms. The molecule has 0 radical (unpaired) electrons. The molecule has 0 aliphatic carbocycles. The number of hydrogen-bond donors (Lipinski definition) is 3. The molecule has 2 amide bonds. The number of esters is 1. The van der Waals surface area contributed by atoms with E-state index in [4.69, 9.17) is 57.8 Å². The van der Waals surface area contributed by atoms with Crippen LogP contribution in [0, 0.1) is 11.6 Å².